The number of aliphatic hydroxyl groups is 1. The molecule has 0 amide bonds. The van der Waals surface area contributed by atoms with Crippen LogP contribution in [0, 0.1) is 60.2 Å². The van der Waals surface area contributed by atoms with Crippen molar-refractivity contribution < 1.29 is 34.1 Å². The average Bonchev–Trinajstić information content (AvgIpc) is 3.42. The summed E-state index contributed by atoms with van der Waals surface area (Å²) in [5.74, 6) is 1.70. The van der Waals surface area contributed by atoms with Crippen LogP contribution in [0.3, 0.4) is 0 Å². The Morgan fingerprint density at radius 3 is 1.58 bits per heavy atom. The van der Waals surface area contributed by atoms with Gasteiger partial charge in [0.15, 0.2) is 0 Å². The third-order valence-corrected chi connectivity index (χ3v) is 15.8. The van der Waals surface area contributed by atoms with Gasteiger partial charge in [0.1, 0.15) is 12.2 Å². The fourth-order valence-corrected chi connectivity index (χ4v) is 11.0. The molecule has 2 aliphatic rings. The van der Waals surface area contributed by atoms with E-state index in [9.17, 15) is 10.4 Å². The molecule has 11 heteroatoms. The summed E-state index contributed by atoms with van der Waals surface area (Å²) in [5.41, 5.74) is 10.4. The molecule has 0 aliphatic carbocycles. The van der Waals surface area contributed by atoms with Crippen molar-refractivity contribution in [1.82, 2.24) is 0 Å². The first-order valence-electron chi connectivity index (χ1n) is 26.1. The highest BCUT2D eigenvalue weighted by molar-refractivity contribution is 9.10. The van der Waals surface area contributed by atoms with Crippen LogP contribution >= 0.6 is 15.9 Å². The molecule has 8 rings (SSSR count). The SMILES string of the molecule is CCC1O[C@H]([C@H](C)c2ccc(-c3cccc(C#N)c3)cc2C)C(OCc2ccccc2)[C@@H](C)[C@@H]1C.CCC1O[C@H]([C@H](O)c2ccc(Br)cc2C)C(OCc2ccccc2)[C@@H](C)[C@@H]1C.N#Cc1cccc(B(O)O)c1. The average molecular weight is 1060 g/mol. The van der Waals surface area contributed by atoms with Crippen molar-refractivity contribution >= 4 is 28.5 Å². The van der Waals surface area contributed by atoms with Gasteiger partial charge in [0.05, 0.1) is 67.0 Å². The summed E-state index contributed by atoms with van der Waals surface area (Å²) in [6, 6.07) is 51.3. The van der Waals surface area contributed by atoms with E-state index in [4.69, 9.17) is 34.3 Å². The van der Waals surface area contributed by atoms with Crippen LogP contribution in [0.4, 0.5) is 0 Å². The predicted octanol–water partition coefficient (Wildman–Crippen LogP) is 12.7. The molecular weight excluding hydrogens is 987 g/mol. The van der Waals surface area contributed by atoms with Crippen LogP contribution in [0.2, 0.25) is 0 Å². The lowest BCUT2D eigenvalue weighted by atomic mass is 9.75. The Balaban J connectivity index is 0.000000203. The Morgan fingerprint density at radius 1 is 0.581 bits per heavy atom. The zero-order valence-corrected chi connectivity index (χ0v) is 46.0. The Bertz CT molecular complexity index is 2780. The molecule has 2 heterocycles. The second-order valence-corrected chi connectivity index (χ2v) is 21.1. The number of nitrogens with zero attached hydrogens (tertiary/aromatic N) is 2. The fourth-order valence-electron chi connectivity index (χ4n) is 10.5. The van der Waals surface area contributed by atoms with Gasteiger partial charge in [-0.2, -0.15) is 10.5 Å². The van der Waals surface area contributed by atoms with Crippen LogP contribution in [-0.4, -0.2) is 58.9 Å². The lowest BCUT2D eigenvalue weighted by Crippen LogP contribution is -2.52. The van der Waals surface area contributed by atoms with Crippen LogP contribution < -0.4 is 5.46 Å². The van der Waals surface area contributed by atoms with Crippen LogP contribution in [0.15, 0.2) is 150 Å². The van der Waals surface area contributed by atoms with E-state index >= 15 is 0 Å². The highest BCUT2D eigenvalue weighted by Crippen LogP contribution is 2.42. The fraction of sp³-hybridized carbons (Fsp3) is 0.397. The number of hydrogen-bond acceptors (Lipinski definition) is 9. The molecule has 2 saturated heterocycles. The van der Waals surface area contributed by atoms with Crippen molar-refractivity contribution in [3.05, 3.63) is 195 Å². The van der Waals surface area contributed by atoms with Crippen molar-refractivity contribution in [2.45, 2.75) is 137 Å². The molecule has 9 nitrogen and oxygen atoms in total. The topological polar surface area (TPSA) is 145 Å². The quantitative estimate of drug-likeness (QED) is 0.0908. The van der Waals surface area contributed by atoms with Gasteiger partial charge in [0.25, 0.3) is 0 Å². The number of ether oxygens (including phenoxy) is 4. The van der Waals surface area contributed by atoms with Crippen LogP contribution in [-0.2, 0) is 32.2 Å². The van der Waals surface area contributed by atoms with Crippen LogP contribution in [0.25, 0.3) is 11.1 Å². The van der Waals surface area contributed by atoms with Gasteiger partial charge in [-0.05, 0) is 137 Å². The molecule has 6 aromatic rings. The maximum Gasteiger partial charge on any atom is 0.488 e. The summed E-state index contributed by atoms with van der Waals surface area (Å²) < 4.78 is 27.2. The molecule has 2 aliphatic heterocycles. The Morgan fingerprint density at radius 2 is 1.07 bits per heavy atom. The van der Waals surface area contributed by atoms with Gasteiger partial charge in [0, 0.05) is 10.4 Å². The van der Waals surface area contributed by atoms with Gasteiger partial charge in [-0.15, -0.1) is 0 Å². The van der Waals surface area contributed by atoms with E-state index < -0.39 is 13.2 Å². The molecule has 12 atom stereocenters. The third-order valence-electron chi connectivity index (χ3n) is 15.3. The van der Waals surface area contributed by atoms with E-state index in [1.54, 1.807) is 18.2 Å². The molecule has 74 heavy (non-hydrogen) atoms. The molecule has 0 bridgehead atoms. The van der Waals surface area contributed by atoms with Gasteiger partial charge in [-0.1, -0.05) is 174 Å². The summed E-state index contributed by atoms with van der Waals surface area (Å²) in [6.07, 6.45) is 1.03. The molecule has 388 valence electrons. The molecule has 0 spiro atoms. The number of hydrogen-bond donors (Lipinski definition) is 3. The van der Waals surface area contributed by atoms with Gasteiger partial charge in [0.2, 0.25) is 0 Å². The number of aliphatic hydroxyl groups excluding tert-OH is 1. The molecule has 0 radical (unpaired) electrons. The van der Waals surface area contributed by atoms with Crippen molar-refractivity contribution in [2.75, 3.05) is 0 Å². The first kappa shape index (κ1) is 57.8. The zero-order valence-electron chi connectivity index (χ0n) is 44.4. The van der Waals surface area contributed by atoms with Gasteiger partial charge < -0.3 is 34.1 Å². The van der Waals surface area contributed by atoms with Gasteiger partial charge in [-0.3, -0.25) is 0 Å². The lowest BCUT2D eigenvalue weighted by Gasteiger charge is -2.47. The van der Waals surface area contributed by atoms with Crippen molar-refractivity contribution in [2.24, 2.45) is 23.7 Å². The number of benzene rings is 6. The number of nitriles is 2. The standard InChI is InChI=1S/C32H37NO2.C24H31BrO3.C7H6BNO2/c1-6-30-22(3)23(4)31(34-20-25-11-8-7-9-12-25)32(35-30)24(5)29-16-15-28(17-21(29)2)27-14-10-13-26(18-27)19-33;1-5-21-16(3)17(4)23(27-14-18-9-7-6-8-10-18)24(28-21)22(26)20-12-11-19(25)13-15(20)2;9-5-6-2-1-3-7(4-6)8(10)11/h7-18,22-24,30-32H,6,20H2,1-5H3;6-13,16-17,21-24,26H,5,14H2,1-4H3;1-4,10-11H/t22-,23-,24+,30?,31?,32+;16-,17-,21?,22+,23?,24+;/m00./s1. The molecule has 4 unspecified atom stereocenters. The zero-order chi connectivity index (χ0) is 53.5. The smallest absolute Gasteiger partial charge is 0.423 e. The monoisotopic (exact) mass is 1060 g/mol. The molecular formula is C63H74BBrN2O7. The van der Waals surface area contributed by atoms with Crippen molar-refractivity contribution in [3.63, 3.8) is 0 Å². The summed E-state index contributed by atoms with van der Waals surface area (Å²) in [5, 5.41) is 46.4. The van der Waals surface area contributed by atoms with Gasteiger partial charge >= 0.3 is 7.12 Å². The second-order valence-electron chi connectivity index (χ2n) is 20.2. The Kier molecular flexibility index (Phi) is 21.8. The number of aryl methyl sites for hydroxylation is 2. The van der Waals surface area contributed by atoms with E-state index in [1.807, 2.05) is 73.7 Å². The van der Waals surface area contributed by atoms with Crippen molar-refractivity contribution in [3.8, 4) is 23.3 Å². The van der Waals surface area contributed by atoms with E-state index in [0.29, 0.717) is 47.6 Å². The van der Waals surface area contributed by atoms with E-state index in [0.717, 1.165) is 45.1 Å². The summed E-state index contributed by atoms with van der Waals surface area (Å²) in [4.78, 5) is 0. The predicted molar refractivity (Wildman–Crippen MR) is 299 cm³/mol. The highest BCUT2D eigenvalue weighted by atomic mass is 79.9. The summed E-state index contributed by atoms with van der Waals surface area (Å²) in [6.45, 7) is 21.0. The first-order chi connectivity index (χ1) is 35.6. The van der Waals surface area contributed by atoms with Crippen LogP contribution in [0.1, 0.15) is 118 Å². The maximum atomic E-state index is 11.3. The minimum Gasteiger partial charge on any atom is -0.423 e. The van der Waals surface area contributed by atoms with Crippen LogP contribution in [0.5, 0.6) is 0 Å². The molecule has 0 aromatic heterocycles. The summed E-state index contributed by atoms with van der Waals surface area (Å²) in [7, 11) is -1.50. The van der Waals surface area contributed by atoms with E-state index in [2.05, 4.69) is 138 Å². The first-order valence-corrected chi connectivity index (χ1v) is 26.9. The minimum absolute atomic E-state index is 0.0127. The Labute approximate surface area is 449 Å². The maximum absolute atomic E-state index is 11.3. The van der Waals surface area contributed by atoms with Crippen molar-refractivity contribution in [1.29, 1.82) is 10.5 Å². The molecule has 3 N–H and O–H groups in total. The number of halogens is 1. The molecule has 6 aromatic carbocycles. The molecule has 2 fully saturated rings. The second kappa shape index (κ2) is 27.9. The minimum atomic E-state index is -1.50. The Hall–Kier alpha value is -5.44. The van der Waals surface area contributed by atoms with E-state index in [-0.39, 0.29) is 48.5 Å². The van der Waals surface area contributed by atoms with Gasteiger partial charge in [-0.25, -0.2) is 0 Å². The summed E-state index contributed by atoms with van der Waals surface area (Å²) >= 11 is 3.50. The third kappa shape index (κ3) is 14.9. The normalized spacial score (nSPS) is 24.1. The molecule has 0 saturated carbocycles. The largest absolute Gasteiger partial charge is 0.488 e. The van der Waals surface area contributed by atoms with E-state index in [1.165, 1.54) is 22.8 Å². The number of rotatable bonds is 14. The lowest BCUT2D eigenvalue weighted by molar-refractivity contribution is -0.220. The highest BCUT2D eigenvalue weighted by Gasteiger charge is 2.46.